The van der Waals surface area contributed by atoms with Crippen LogP contribution < -0.4 is 5.32 Å². The molecule has 12 N–H and O–H groups in total. The molecule has 1 amide bonds. The quantitative estimate of drug-likeness (QED) is 0.0204. The van der Waals surface area contributed by atoms with E-state index in [-0.39, 0.29) is 18.9 Å². The maximum Gasteiger partial charge on any atom is 0.220 e. The van der Waals surface area contributed by atoms with Gasteiger partial charge in [0.2, 0.25) is 5.91 Å². The number of amides is 1. The number of aliphatic hydroxyl groups is 11. The van der Waals surface area contributed by atoms with Crippen molar-refractivity contribution in [2.75, 3.05) is 26.4 Å². The van der Waals surface area contributed by atoms with E-state index >= 15 is 0 Å². The minimum atomic E-state index is -1.98. The number of carbonyl (C=O) groups is 1. The van der Waals surface area contributed by atoms with Crippen LogP contribution in [0, 0.1) is 0 Å². The SMILES string of the molecule is CCCCCCC/C=C\C/C=C\C/C=C\CCCCCCCCCCCCCCC(=O)NC(COC1OC(CO)C(OC2OC(CO)C(OC3OC(CO)C(O)C(O)C3O)C(O)C2O)C(O)C1O)C(O)/C=C/CCCCCCCCCCCCC. The summed E-state index contributed by atoms with van der Waals surface area (Å²) in [7, 11) is 0. The third kappa shape index (κ3) is 31.4. The molecule has 0 saturated carbocycles. The minimum absolute atomic E-state index is 0.240. The lowest BCUT2D eigenvalue weighted by molar-refractivity contribution is -0.379. The highest BCUT2D eigenvalue weighted by Crippen LogP contribution is 2.33. The molecule has 0 radical (unpaired) electrons. The summed E-state index contributed by atoms with van der Waals surface area (Å²) < 4.78 is 34.3. The van der Waals surface area contributed by atoms with Crippen molar-refractivity contribution in [2.45, 2.75) is 336 Å². The van der Waals surface area contributed by atoms with Crippen LogP contribution in [0.4, 0.5) is 0 Å². The van der Waals surface area contributed by atoms with Gasteiger partial charge in [0.15, 0.2) is 18.9 Å². The number of ether oxygens (including phenoxy) is 6. The van der Waals surface area contributed by atoms with Gasteiger partial charge in [0.1, 0.15) is 73.2 Å². The van der Waals surface area contributed by atoms with E-state index in [0.29, 0.717) is 6.42 Å². The molecule has 19 heteroatoms. The first-order valence-electron chi connectivity index (χ1n) is 33.4. The van der Waals surface area contributed by atoms with E-state index in [4.69, 9.17) is 28.4 Å². The molecule has 0 aromatic heterocycles. The lowest BCUT2D eigenvalue weighted by Gasteiger charge is -2.48. The van der Waals surface area contributed by atoms with Crippen LogP contribution >= 0.6 is 0 Å². The highest BCUT2D eigenvalue weighted by Gasteiger charge is 2.53. The second-order valence-electron chi connectivity index (χ2n) is 23.9. The first kappa shape index (κ1) is 77.0. The van der Waals surface area contributed by atoms with Crippen LogP contribution in [0.2, 0.25) is 0 Å². The van der Waals surface area contributed by atoms with Crippen LogP contribution in [0.15, 0.2) is 48.6 Å². The summed E-state index contributed by atoms with van der Waals surface area (Å²) >= 11 is 0. The maximum absolute atomic E-state index is 13.4. The van der Waals surface area contributed by atoms with E-state index in [1.807, 2.05) is 6.08 Å². The molecular formula is C66H119NO18. The average Bonchev–Trinajstić information content (AvgIpc) is 2.72. The fraction of sp³-hybridized carbons (Fsp3) is 0.864. The smallest absolute Gasteiger partial charge is 0.220 e. The Hall–Kier alpha value is -2.25. The standard InChI is InChI=1S/C66H119NO18/c1-3-5-7-9-11-13-15-17-18-19-20-21-22-23-24-25-26-27-28-29-30-32-34-36-38-40-42-44-54(72)67-49(50(71)43-41-39-37-35-33-31-16-14-12-10-8-6-4-2)48-80-64-60(78)57(75)62(52(46-69)82-64)85-66-61(79)58(76)63(53(47-70)83-66)84-65-59(77)56(74)55(73)51(45-68)81-65/h15,17,19-20,22-23,41,43,49-53,55-66,68-71,73-79H,3-14,16,18,21,24-40,42,44-48H2,1-2H3,(H,67,72)/b17-15-,20-19-,23-22-,43-41+. The van der Waals surface area contributed by atoms with E-state index in [0.717, 1.165) is 64.2 Å². The lowest BCUT2D eigenvalue weighted by atomic mass is 9.96. The topological polar surface area (TPSA) is 307 Å². The van der Waals surface area contributed by atoms with Gasteiger partial charge in [0, 0.05) is 6.42 Å². The number of aliphatic hydroxyl groups excluding tert-OH is 11. The summed E-state index contributed by atoms with van der Waals surface area (Å²) in [5.41, 5.74) is 0. The molecule has 3 rings (SSSR count). The number of nitrogens with one attached hydrogen (secondary N) is 1. The molecule has 3 aliphatic rings. The highest BCUT2D eigenvalue weighted by atomic mass is 16.8. The number of rotatable bonds is 50. The van der Waals surface area contributed by atoms with Crippen molar-refractivity contribution in [2.24, 2.45) is 0 Å². The molecule has 17 unspecified atom stereocenters. The van der Waals surface area contributed by atoms with Crippen molar-refractivity contribution in [3.05, 3.63) is 48.6 Å². The van der Waals surface area contributed by atoms with Gasteiger partial charge in [-0.3, -0.25) is 4.79 Å². The largest absolute Gasteiger partial charge is 0.394 e. The number of hydrogen-bond donors (Lipinski definition) is 12. The Balaban J connectivity index is 1.42. The predicted molar refractivity (Wildman–Crippen MR) is 328 cm³/mol. The van der Waals surface area contributed by atoms with E-state index < -0.39 is 124 Å². The van der Waals surface area contributed by atoms with Gasteiger partial charge in [-0.25, -0.2) is 0 Å². The Kier molecular flexibility index (Phi) is 44.0. The van der Waals surface area contributed by atoms with E-state index in [2.05, 4.69) is 55.6 Å². The summed E-state index contributed by atoms with van der Waals surface area (Å²) in [5, 5.41) is 120. The highest BCUT2D eigenvalue weighted by molar-refractivity contribution is 5.76. The van der Waals surface area contributed by atoms with Crippen LogP contribution in [-0.4, -0.2) is 193 Å². The van der Waals surface area contributed by atoms with Crippen LogP contribution in [0.5, 0.6) is 0 Å². The van der Waals surface area contributed by atoms with Gasteiger partial charge in [0.25, 0.3) is 0 Å². The fourth-order valence-corrected chi connectivity index (χ4v) is 11.1. The number of unbranched alkanes of at least 4 members (excludes halogenated alkanes) is 28. The Labute approximate surface area is 510 Å². The molecule has 0 aliphatic carbocycles. The molecule has 3 fully saturated rings. The molecule has 0 spiro atoms. The second-order valence-corrected chi connectivity index (χ2v) is 23.9. The Bertz CT molecular complexity index is 1740. The normalized spacial score (nSPS) is 29.3. The maximum atomic E-state index is 13.4. The van der Waals surface area contributed by atoms with E-state index in [9.17, 15) is 61.0 Å². The van der Waals surface area contributed by atoms with Gasteiger partial charge in [0.05, 0.1) is 38.6 Å². The molecule has 0 aromatic rings. The molecule has 496 valence electrons. The van der Waals surface area contributed by atoms with Crippen molar-refractivity contribution in [3.8, 4) is 0 Å². The molecule has 19 nitrogen and oxygen atoms in total. The molecule has 17 atom stereocenters. The van der Waals surface area contributed by atoms with Crippen LogP contribution in [0.3, 0.4) is 0 Å². The minimum Gasteiger partial charge on any atom is -0.394 e. The number of carbonyl (C=O) groups excluding carboxylic acids is 1. The lowest BCUT2D eigenvalue weighted by Crippen LogP contribution is -2.66. The molecule has 3 heterocycles. The first-order chi connectivity index (χ1) is 41.3. The number of allylic oxidation sites excluding steroid dienone is 7. The van der Waals surface area contributed by atoms with Crippen molar-refractivity contribution in [3.63, 3.8) is 0 Å². The molecule has 3 saturated heterocycles. The van der Waals surface area contributed by atoms with E-state index in [1.165, 1.54) is 141 Å². The van der Waals surface area contributed by atoms with Gasteiger partial charge in [-0.1, -0.05) is 217 Å². The second kappa shape index (κ2) is 48.6. The van der Waals surface area contributed by atoms with Crippen molar-refractivity contribution >= 4 is 5.91 Å². The molecule has 0 bridgehead atoms. The first-order valence-corrected chi connectivity index (χ1v) is 33.4. The third-order valence-corrected chi connectivity index (χ3v) is 16.6. The number of hydrogen-bond acceptors (Lipinski definition) is 18. The van der Waals surface area contributed by atoms with Gasteiger partial charge in [-0.05, 0) is 57.8 Å². The van der Waals surface area contributed by atoms with Crippen LogP contribution in [-0.2, 0) is 33.2 Å². The summed E-state index contributed by atoms with van der Waals surface area (Å²) in [6.45, 7) is 1.71. The molecular weight excluding hydrogens is 1090 g/mol. The summed E-state index contributed by atoms with van der Waals surface area (Å²) in [4.78, 5) is 13.4. The van der Waals surface area contributed by atoms with Crippen molar-refractivity contribution < 1.29 is 89.4 Å². The van der Waals surface area contributed by atoms with Crippen LogP contribution in [0.1, 0.15) is 232 Å². The third-order valence-electron chi connectivity index (χ3n) is 16.6. The van der Waals surface area contributed by atoms with Gasteiger partial charge < -0.3 is 89.9 Å². The monoisotopic (exact) mass is 1210 g/mol. The summed E-state index contributed by atoms with van der Waals surface area (Å²) in [5.74, 6) is -0.279. The fourth-order valence-electron chi connectivity index (χ4n) is 11.1. The van der Waals surface area contributed by atoms with Crippen LogP contribution in [0.25, 0.3) is 0 Å². The van der Waals surface area contributed by atoms with E-state index in [1.54, 1.807) is 6.08 Å². The zero-order valence-corrected chi connectivity index (χ0v) is 52.1. The summed E-state index contributed by atoms with van der Waals surface area (Å²) in [6, 6.07) is -0.974. The van der Waals surface area contributed by atoms with Crippen molar-refractivity contribution in [1.29, 1.82) is 0 Å². The zero-order valence-electron chi connectivity index (χ0n) is 52.1. The zero-order chi connectivity index (χ0) is 61.9. The van der Waals surface area contributed by atoms with Gasteiger partial charge in [-0.15, -0.1) is 0 Å². The molecule has 85 heavy (non-hydrogen) atoms. The van der Waals surface area contributed by atoms with Gasteiger partial charge in [-0.2, -0.15) is 0 Å². The average molecular weight is 1210 g/mol. The summed E-state index contributed by atoms with van der Waals surface area (Å²) in [6.07, 6.45) is 29.5. The van der Waals surface area contributed by atoms with Crippen molar-refractivity contribution in [1.82, 2.24) is 5.32 Å². The van der Waals surface area contributed by atoms with Gasteiger partial charge >= 0.3 is 0 Å². The Morgan fingerprint density at radius 1 is 0.424 bits per heavy atom. The molecule has 0 aromatic carbocycles. The Morgan fingerprint density at radius 2 is 0.776 bits per heavy atom. The Morgan fingerprint density at radius 3 is 1.21 bits per heavy atom. The predicted octanol–water partition coefficient (Wildman–Crippen LogP) is 7.83. The molecule has 3 aliphatic heterocycles.